The fraction of sp³-hybridized carbons (Fsp3) is 0.417. The molecule has 0 saturated carbocycles. The molecular formula is C24H27N5O2. The van der Waals surface area contributed by atoms with Gasteiger partial charge in [0.2, 0.25) is 0 Å². The van der Waals surface area contributed by atoms with Crippen molar-refractivity contribution < 1.29 is 9.47 Å². The number of H-pyrrole nitrogens is 1. The van der Waals surface area contributed by atoms with Gasteiger partial charge >= 0.3 is 0 Å². The normalized spacial score (nSPS) is 18.1. The monoisotopic (exact) mass is 417 g/mol. The molecule has 0 radical (unpaired) electrons. The molecule has 0 atom stereocenters. The molecule has 0 spiro atoms. The van der Waals surface area contributed by atoms with E-state index < -0.39 is 0 Å². The fourth-order valence-corrected chi connectivity index (χ4v) is 4.95. The fourth-order valence-electron chi connectivity index (χ4n) is 4.95. The summed E-state index contributed by atoms with van der Waals surface area (Å²) in [4.78, 5) is 10.5. The van der Waals surface area contributed by atoms with Crippen LogP contribution in [-0.2, 0) is 4.74 Å². The smallest absolute Gasteiger partial charge is 0.197 e. The second kappa shape index (κ2) is 7.07. The molecule has 2 fully saturated rings. The molecule has 5 heterocycles. The highest BCUT2D eigenvalue weighted by Crippen LogP contribution is 2.39. The molecule has 7 heteroatoms. The molecule has 0 unspecified atom stereocenters. The van der Waals surface area contributed by atoms with Crippen LogP contribution in [0.25, 0.3) is 27.8 Å². The largest absolute Gasteiger partial charge is 0.493 e. The lowest BCUT2D eigenvalue weighted by Gasteiger charge is -2.47. The van der Waals surface area contributed by atoms with Crippen molar-refractivity contribution in [3.8, 4) is 17.0 Å². The third-order valence-electron chi connectivity index (χ3n) is 6.81. The highest BCUT2D eigenvalue weighted by Gasteiger charge is 2.36. The van der Waals surface area contributed by atoms with E-state index in [2.05, 4.69) is 52.0 Å². The number of aromatic nitrogens is 4. The Morgan fingerprint density at radius 2 is 2.03 bits per heavy atom. The number of hydrogen-bond donors (Lipinski definition) is 1. The minimum atomic E-state index is 0.376. The van der Waals surface area contributed by atoms with Gasteiger partial charge in [-0.05, 0) is 35.2 Å². The molecule has 1 aromatic carbocycles. The number of nitrogens with zero attached hydrogens (tertiary/aromatic N) is 4. The number of ether oxygens (including phenoxy) is 2. The SMILES string of the molecule is COc1cc(-c2[nH]c3ccc(C4CN(C5COC5)C4)cc3c2C(C)C)cn2ncnc12. The van der Waals surface area contributed by atoms with Crippen LogP contribution in [0.2, 0.25) is 0 Å². The predicted octanol–water partition coefficient (Wildman–Crippen LogP) is 3.81. The van der Waals surface area contributed by atoms with Crippen molar-refractivity contribution in [1.29, 1.82) is 0 Å². The average Bonchev–Trinajstić information content (AvgIpc) is 3.31. The van der Waals surface area contributed by atoms with Gasteiger partial charge in [0, 0.05) is 41.7 Å². The molecule has 2 aliphatic rings. The summed E-state index contributed by atoms with van der Waals surface area (Å²) >= 11 is 0. The number of benzene rings is 1. The van der Waals surface area contributed by atoms with Crippen LogP contribution >= 0.6 is 0 Å². The lowest BCUT2D eigenvalue weighted by Crippen LogP contribution is -2.58. The van der Waals surface area contributed by atoms with Crippen molar-refractivity contribution in [3.05, 3.63) is 47.9 Å². The summed E-state index contributed by atoms with van der Waals surface area (Å²) in [6.45, 7) is 8.56. The summed E-state index contributed by atoms with van der Waals surface area (Å²) in [5, 5.41) is 5.64. The molecule has 6 rings (SSSR count). The molecule has 4 aromatic rings. The summed E-state index contributed by atoms with van der Waals surface area (Å²) in [6, 6.07) is 9.60. The van der Waals surface area contributed by atoms with Gasteiger partial charge in [-0.1, -0.05) is 19.9 Å². The Morgan fingerprint density at radius 3 is 2.74 bits per heavy atom. The Hall–Kier alpha value is -2.90. The topological polar surface area (TPSA) is 67.7 Å². The van der Waals surface area contributed by atoms with Crippen molar-refractivity contribution in [1.82, 2.24) is 24.5 Å². The zero-order chi connectivity index (χ0) is 21.1. The van der Waals surface area contributed by atoms with Crippen molar-refractivity contribution in [2.75, 3.05) is 33.4 Å². The van der Waals surface area contributed by atoms with Crippen LogP contribution in [0.3, 0.4) is 0 Å². The maximum absolute atomic E-state index is 5.59. The molecule has 3 aromatic heterocycles. The molecule has 7 nitrogen and oxygen atoms in total. The number of hydrogen-bond acceptors (Lipinski definition) is 5. The summed E-state index contributed by atoms with van der Waals surface area (Å²) < 4.78 is 12.7. The second-order valence-electron chi connectivity index (χ2n) is 9.04. The maximum atomic E-state index is 5.59. The molecule has 2 saturated heterocycles. The standard InChI is InChI=1S/C24H27N5O2/c1-14(2)22-19-6-15(17-8-28(9-17)18-11-31-12-18)4-5-20(19)27-23(22)16-7-21(30-3)24-25-13-26-29(24)10-16/h4-7,10,13-14,17-18,27H,8-9,11-12H2,1-3H3. The molecule has 2 aliphatic heterocycles. The molecule has 0 bridgehead atoms. The number of nitrogens with one attached hydrogen (secondary N) is 1. The van der Waals surface area contributed by atoms with E-state index in [4.69, 9.17) is 9.47 Å². The van der Waals surface area contributed by atoms with Crippen LogP contribution < -0.4 is 4.74 Å². The molecule has 0 aliphatic carbocycles. The zero-order valence-electron chi connectivity index (χ0n) is 18.1. The van der Waals surface area contributed by atoms with E-state index in [0.29, 0.717) is 17.9 Å². The zero-order valence-corrected chi connectivity index (χ0v) is 18.1. The Kier molecular flexibility index (Phi) is 4.30. The van der Waals surface area contributed by atoms with Crippen LogP contribution in [0, 0.1) is 0 Å². The van der Waals surface area contributed by atoms with Crippen LogP contribution in [0.4, 0.5) is 0 Å². The first-order valence-electron chi connectivity index (χ1n) is 11.0. The Balaban J connectivity index is 1.41. The molecule has 1 N–H and O–H groups in total. The van der Waals surface area contributed by atoms with Gasteiger partial charge in [0.1, 0.15) is 6.33 Å². The molecule has 160 valence electrons. The minimum absolute atomic E-state index is 0.376. The highest BCUT2D eigenvalue weighted by molar-refractivity contribution is 5.92. The number of pyridine rings is 1. The third kappa shape index (κ3) is 2.95. The van der Waals surface area contributed by atoms with E-state index >= 15 is 0 Å². The van der Waals surface area contributed by atoms with Crippen molar-refractivity contribution in [2.45, 2.75) is 31.7 Å². The number of fused-ring (bicyclic) bond motifs is 2. The van der Waals surface area contributed by atoms with Crippen LogP contribution in [0.5, 0.6) is 5.75 Å². The first-order valence-corrected chi connectivity index (χ1v) is 11.0. The average molecular weight is 418 g/mol. The molecular weight excluding hydrogens is 390 g/mol. The first kappa shape index (κ1) is 18.8. The van der Waals surface area contributed by atoms with Gasteiger partial charge in [0.05, 0.1) is 32.1 Å². The number of aromatic amines is 1. The summed E-state index contributed by atoms with van der Waals surface area (Å²) in [5.41, 5.74) is 6.84. The van der Waals surface area contributed by atoms with Crippen LogP contribution in [0.15, 0.2) is 36.8 Å². The minimum Gasteiger partial charge on any atom is -0.493 e. The summed E-state index contributed by atoms with van der Waals surface area (Å²) in [5.74, 6) is 1.70. The van der Waals surface area contributed by atoms with Gasteiger partial charge in [-0.2, -0.15) is 5.10 Å². The molecule has 31 heavy (non-hydrogen) atoms. The van der Waals surface area contributed by atoms with Gasteiger partial charge in [0.25, 0.3) is 0 Å². The van der Waals surface area contributed by atoms with Crippen molar-refractivity contribution >= 4 is 16.6 Å². The first-order chi connectivity index (χ1) is 15.1. The van der Waals surface area contributed by atoms with E-state index in [1.807, 2.05) is 12.3 Å². The third-order valence-corrected chi connectivity index (χ3v) is 6.81. The Morgan fingerprint density at radius 1 is 1.19 bits per heavy atom. The van der Waals surface area contributed by atoms with Gasteiger partial charge in [-0.15, -0.1) is 0 Å². The number of methoxy groups -OCH3 is 1. The highest BCUT2D eigenvalue weighted by atomic mass is 16.5. The summed E-state index contributed by atoms with van der Waals surface area (Å²) in [7, 11) is 1.67. The lowest BCUT2D eigenvalue weighted by molar-refractivity contribution is -0.0905. The lowest BCUT2D eigenvalue weighted by atomic mass is 9.87. The van der Waals surface area contributed by atoms with Gasteiger partial charge < -0.3 is 14.5 Å². The van der Waals surface area contributed by atoms with E-state index in [1.165, 1.54) is 22.0 Å². The number of rotatable bonds is 5. The summed E-state index contributed by atoms with van der Waals surface area (Å²) in [6.07, 6.45) is 3.58. The van der Waals surface area contributed by atoms with Gasteiger partial charge in [-0.3, -0.25) is 4.90 Å². The van der Waals surface area contributed by atoms with Crippen LogP contribution in [0.1, 0.15) is 36.8 Å². The van der Waals surface area contributed by atoms with Gasteiger partial charge in [0.15, 0.2) is 11.4 Å². The van der Waals surface area contributed by atoms with E-state index in [1.54, 1.807) is 18.0 Å². The number of likely N-dealkylation sites (tertiary alicyclic amines) is 1. The van der Waals surface area contributed by atoms with Crippen LogP contribution in [-0.4, -0.2) is 63.9 Å². The predicted molar refractivity (Wildman–Crippen MR) is 120 cm³/mol. The van der Waals surface area contributed by atoms with Gasteiger partial charge in [-0.25, -0.2) is 9.50 Å². The van der Waals surface area contributed by atoms with E-state index in [9.17, 15) is 0 Å². The second-order valence-corrected chi connectivity index (χ2v) is 9.04. The Labute approximate surface area is 181 Å². The molecule has 0 amide bonds. The van der Waals surface area contributed by atoms with Crippen molar-refractivity contribution in [2.24, 2.45) is 0 Å². The Bertz CT molecular complexity index is 1260. The van der Waals surface area contributed by atoms with Crippen molar-refractivity contribution in [3.63, 3.8) is 0 Å². The maximum Gasteiger partial charge on any atom is 0.197 e. The van der Waals surface area contributed by atoms with E-state index in [-0.39, 0.29) is 0 Å². The quantitative estimate of drug-likeness (QED) is 0.535. The van der Waals surface area contributed by atoms with E-state index in [0.717, 1.165) is 49.0 Å².